The summed E-state index contributed by atoms with van der Waals surface area (Å²) in [5.41, 5.74) is 2.94. The summed E-state index contributed by atoms with van der Waals surface area (Å²) in [5, 5.41) is 22.1. The van der Waals surface area contributed by atoms with Crippen molar-refractivity contribution in [3.05, 3.63) is 96.1 Å². The van der Waals surface area contributed by atoms with Crippen molar-refractivity contribution >= 4 is 23.4 Å². The second-order valence-corrected chi connectivity index (χ2v) is 8.42. The molecule has 5 aromatic rings. The molecule has 0 radical (unpaired) electrons. The number of aromatic nitrogens is 7. The Kier molecular flexibility index (Phi) is 6.13. The predicted molar refractivity (Wildman–Crippen MR) is 130 cm³/mol. The number of rotatable bonds is 7. The second-order valence-electron chi connectivity index (χ2n) is 7.41. The molecule has 0 fully saturated rings. The molecule has 0 aliphatic carbocycles. The van der Waals surface area contributed by atoms with Gasteiger partial charge in [0, 0.05) is 16.1 Å². The van der Waals surface area contributed by atoms with Crippen LogP contribution in [0.4, 0.5) is 5.69 Å². The number of para-hydroxylation sites is 1. The average Bonchev–Trinajstić information content (AvgIpc) is 3.53. The Balaban J connectivity index is 1.32. The van der Waals surface area contributed by atoms with E-state index in [2.05, 4.69) is 36.0 Å². The van der Waals surface area contributed by atoms with Gasteiger partial charge in [-0.25, -0.2) is 4.98 Å². The van der Waals surface area contributed by atoms with Gasteiger partial charge in [0.05, 0.1) is 17.0 Å². The maximum absolute atomic E-state index is 13.1. The lowest BCUT2D eigenvalue weighted by Crippen LogP contribution is -2.13. The van der Waals surface area contributed by atoms with Crippen molar-refractivity contribution in [2.45, 2.75) is 17.6 Å². The number of amides is 1. The average molecular weight is 469 g/mol. The Morgan fingerprint density at radius 1 is 1.03 bits per heavy atom. The molecule has 2 heterocycles. The number of nitrogens with one attached hydrogen (secondary N) is 2. The maximum atomic E-state index is 13.1. The van der Waals surface area contributed by atoms with Crippen LogP contribution in [0.3, 0.4) is 0 Å². The highest BCUT2D eigenvalue weighted by atomic mass is 32.2. The van der Waals surface area contributed by atoms with Crippen molar-refractivity contribution < 1.29 is 4.79 Å². The molecule has 9 nitrogen and oxygen atoms in total. The molecule has 0 spiro atoms. The fourth-order valence-corrected chi connectivity index (χ4v) is 4.35. The van der Waals surface area contributed by atoms with Crippen LogP contribution >= 0.6 is 11.8 Å². The Hall–Kier alpha value is -4.31. The van der Waals surface area contributed by atoms with Crippen LogP contribution < -0.4 is 5.32 Å². The number of hydrogen-bond acceptors (Lipinski definition) is 7. The lowest BCUT2D eigenvalue weighted by Gasteiger charge is -2.11. The van der Waals surface area contributed by atoms with Gasteiger partial charge in [-0.2, -0.15) is 9.78 Å². The molecule has 2 aromatic heterocycles. The SMILES string of the molecule is Cc1nc(-c2cccc(NC(=O)c3ccccc3SCc3nnnn3-c3ccccc3)c2)n[nH]1. The van der Waals surface area contributed by atoms with Crippen LogP contribution in [0.15, 0.2) is 83.8 Å². The second kappa shape index (κ2) is 9.67. The summed E-state index contributed by atoms with van der Waals surface area (Å²) in [6, 6.07) is 24.6. The number of hydrogen-bond donors (Lipinski definition) is 2. The number of H-pyrrole nitrogens is 1. The molecule has 1 amide bonds. The molecule has 5 rings (SSSR count). The number of benzene rings is 3. The third kappa shape index (κ3) is 4.71. The van der Waals surface area contributed by atoms with Crippen molar-refractivity contribution in [2.24, 2.45) is 0 Å². The first-order valence-corrected chi connectivity index (χ1v) is 11.5. The fraction of sp³-hybridized carbons (Fsp3) is 0.0833. The van der Waals surface area contributed by atoms with Crippen LogP contribution in [0.5, 0.6) is 0 Å². The highest BCUT2D eigenvalue weighted by Gasteiger charge is 2.15. The quantitative estimate of drug-likeness (QED) is 0.342. The first kappa shape index (κ1) is 21.5. The summed E-state index contributed by atoms with van der Waals surface area (Å²) in [6.45, 7) is 1.84. The van der Waals surface area contributed by atoms with E-state index in [4.69, 9.17) is 0 Å². The van der Waals surface area contributed by atoms with E-state index in [0.29, 0.717) is 28.7 Å². The van der Waals surface area contributed by atoms with Gasteiger partial charge in [-0.05, 0) is 53.7 Å². The molecule has 0 aliphatic rings. The number of carbonyl (C=O) groups excluding carboxylic acids is 1. The van der Waals surface area contributed by atoms with E-state index >= 15 is 0 Å². The highest BCUT2D eigenvalue weighted by Crippen LogP contribution is 2.27. The zero-order valence-corrected chi connectivity index (χ0v) is 19.0. The third-order valence-electron chi connectivity index (χ3n) is 5.00. The number of aromatic amines is 1. The summed E-state index contributed by atoms with van der Waals surface area (Å²) in [7, 11) is 0. The van der Waals surface area contributed by atoms with Crippen LogP contribution in [0.1, 0.15) is 22.0 Å². The number of tetrazole rings is 1. The molecule has 10 heteroatoms. The van der Waals surface area contributed by atoms with Crippen molar-refractivity contribution in [1.82, 2.24) is 35.4 Å². The molecule has 0 saturated heterocycles. The van der Waals surface area contributed by atoms with Gasteiger partial charge in [-0.3, -0.25) is 9.89 Å². The van der Waals surface area contributed by atoms with E-state index < -0.39 is 0 Å². The number of nitrogens with zero attached hydrogens (tertiary/aromatic N) is 6. The maximum Gasteiger partial charge on any atom is 0.256 e. The molecule has 3 aromatic carbocycles. The van der Waals surface area contributed by atoms with Crippen molar-refractivity contribution in [1.29, 1.82) is 0 Å². The van der Waals surface area contributed by atoms with E-state index in [1.807, 2.05) is 79.7 Å². The smallest absolute Gasteiger partial charge is 0.256 e. The van der Waals surface area contributed by atoms with Gasteiger partial charge < -0.3 is 5.32 Å². The molecule has 0 atom stereocenters. The van der Waals surface area contributed by atoms with Crippen LogP contribution in [-0.2, 0) is 5.75 Å². The number of anilines is 1. The number of thioether (sulfide) groups is 1. The van der Waals surface area contributed by atoms with E-state index in [9.17, 15) is 4.79 Å². The normalized spacial score (nSPS) is 10.9. The van der Waals surface area contributed by atoms with Gasteiger partial charge in [-0.1, -0.05) is 42.5 Å². The first-order valence-electron chi connectivity index (χ1n) is 10.5. The van der Waals surface area contributed by atoms with Crippen LogP contribution in [0, 0.1) is 6.92 Å². The van der Waals surface area contributed by atoms with E-state index in [0.717, 1.165) is 22.0 Å². The first-order chi connectivity index (χ1) is 16.7. The molecule has 0 bridgehead atoms. The van der Waals surface area contributed by atoms with Gasteiger partial charge >= 0.3 is 0 Å². The fourth-order valence-electron chi connectivity index (χ4n) is 3.39. The van der Waals surface area contributed by atoms with Crippen LogP contribution in [0.25, 0.3) is 17.1 Å². The summed E-state index contributed by atoms with van der Waals surface area (Å²) < 4.78 is 1.70. The summed E-state index contributed by atoms with van der Waals surface area (Å²) >= 11 is 1.51. The number of carbonyl (C=O) groups is 1. The molecule has 0 unspecified atom stereocenters. The predicted octanol–water partition coefficient (Wildman–Crippen LogP) is 4.30. The van der Waals surface area contributed by atoms with Gasteiger partial charge in [-0.15, -0.1) is 16.9 Å². The molecule has 0 saturated carbocycles. The Morgan fingerprint density at radius 3 is 2.68 bits per heavy atom. The van der Waals surface area contributed by atoms with E-state index in [1.54, 1.807) is 10.7 Å². The zero-order valence-electron chi connectivity index (χ0n) is 18.2. The molecule has 34 heavy (non-hydrogen) atoms. The molecule has 168 valence electrons. The van der Waals surface area contributed by atoms with Crippen LogP contribution in [0.2, 0.25) is 0 Å². The lowest BCUT2D eigenvalue weighted by atomic mass is 10.1. The molecule has 2 N–H and O–H groups in total. The van der Waals surface area contributed by atoms with E-state index in [1.165, 1.54) is 11.8 Å². The summed E-state index contributed by atoms with van der Waals surface area (Å²) in [5.74, 6) is 2.32. The zero-order chi connectivity index (χ0) is 23.3. The minimum atomic E-state index is -0.200. The molecular formula is C24H20N8OS. The summed E-state index contributed by atoms with van der Waals surface area (Å²) in [6.07, 6.45) is 0. The van der Waals surface area contributed by atoms with Gasteiger partial charge in [0.1, 0.15) is 5.82 Å². The Bertz CT molecular complexity index is 1430. The van der Waals surface area contributed by atoms with Gasteiger partial charge in [0.25, 0.3) is 5.91 Å². The Morgan fingerprint density at radius 2 is 1.85 bits per heavy atom. The van der Waals surface area contributed by atoms with Gasteiger partial charge in [0.2, 0.25) is 0 Å². The number of aryl methyl sites for hydroxylation is 1. The van der Waals surface area contributed by atoms with Crippen molar-refractivity contribution in [2.75, 3.05) is 5.32 Å². The topological polar surface area (TPSA) is 114 Å². The van der Waals surface area contributed by atoms with Crippen molar-refractivity contribution in [3.8, 4) is 17.1 Å². The Labute approximate surface area is 199 Å². The lowest BCUT2D eigenvalue weighted by molar-refractivity contribution is 0.102. The highest BCUT2D eigenvalue weighted by molar-refractivity contribution is 7.98. The largest absolute Gasteiger partial charge is 0.322 e. The summed E-state index contributed by atoms with van der Waals surface area (Å²) in [4.78, 5) is 18.3. The van der Waals surface area contributed by atoms with Gasteiger partial charge in [0.15, 0.2) is 11.6 Å². The van der Waals surface area contributed by atoms with E-state index in [-0.39, 0.29) is 5.91 Å². The standard InChI is InChI=1S/C24H20N8OS/c1-16-25-23(29-27-16)17-8-7-9-18(14-17)26-24(33)20-12-5-6-13-21(20)34-15-22-28-30-31-32(22)19-10-3-2-4-11-19/h2-14H,15H2,1H3,(H,26,33)(H,25,27,29). The van der Waals surface area contributed by atoms with Crippen LogP contribution in [-0.4, -0.2) is 41.3 Å². The monoisotopic (exact) mass is 468 g/mol. The third-order valence-corrected chi connectivity index (χ3v) is 6.07. The minimum absolute atomic E-state index is 0.200. The minimum Gasteiger partial charge on any atom is -0.322 e. The molecule has 0 aliphatic heterocycles. The van der Waals surface area contributed by atoms with Crippen molar-refractivity contribution in [3.63, 3.8) is 0 Å². The molecular weight excluding hydrogens is 448 g/mol.